The van der Waals surface area contributed by atoms with Crippen molar-refractivity contribution in [3.8, 4) is 0 Å². The summed E-state index contributed by atoms with van der Waals surface area (Å²) in [6.07, 6.45) is 4.84. The molecule has 3 aromatic rings. The monoisotopic (exact) mass is 441 g/mol. The Kier molecular flexibility index (Phi) is 5.81. The number of nitrogens with zero attached hydrogens (tertiary/aromatic N) is 2. The fourth-order valence-electron chi connectivity index (χ4n) is 2.86. The summed E-state index contributed by atoms with van der Waals surface area (Å²) in [6.45, 7) is 2.22. The minimum absolute atomic E-state index is 0.0301. The topological polar surface area (TPSA) is 116 Å². The average molecular weight is 441 g/mol. The predicted molar refractivity (Wildman–Crippen MR) is 116 cm³/mol. The number of aromatic carboxylic acids is 1. The van der Waals surface area contributed by atoms with E-state index in [2.05, 4.69) is 25.9 Å². The van der Waals surface area contributed by atoms with E-state index in [1.54, 1.807) is 19.2 Å². The van der Waals surface area contributed by atoms with Crippen LogP contribution in [0.15, 0.2) is 36.7 Å². The molecule has 0 unspecified atom stereocenters. The van der Waals surface area contributed by atoms with Gasteiger partial charge in [-0.15, -0.1) is 0 Å². The van der Waals surface area contributed by atoms with Crippen molar-refractivity contribution in [2.24, 2.45) is 0 Å². The molecule has 0 radical (unpaired) electrons. The number of nitrogens with one attached hydrogen (secondary N) is 3. The van der Waals surface area contributed by atoms with Gasteiger partial charge >= 0.3 is 5.97 Å². The van der Waals surface area contributed by atoms with E-state index >= 15 is 0 Å². The lowest BCUT2D eigenvalue weighted by atomic mass is 10.1. The first-order chi connectivity index (χ1) is 14.9. The number of hydrogen-bond acceptors (Lipinski definition) is 7. The molecule has 2 heterocycles. The van der Waals surface area contributed by atoms with Crippen LogP contribution in [0.5, 0.6) is 0 Å². The third-order valence-electron chi connectivity index (χ3n) is 4.72. The summed E-state index contributed by atoms with van der Waals surface area (Å²) in [4.78, 5) is 32.4. The SMILES string of the molecule is Cc1cc(F)c(C(=O)NC2CC2)cc1NCc1cnc(Nc2ccc(C(=O)O)cn2)s1. The van der Waals surface area contributed by atoms with E-state index in [0.717, 1.165) is 17.7 Å². The molecule has 0 atom stereocenters. The van der Waals surface area contributed by atoms with Crippen LogP contribution in [-0.2, 0) is 6.54 Å². The largest absolute Gasteiger partial charge is 0.478 e. The first kappa shape index (κ1) is 20.7. The smallest absolute Gasteiger partial charge is 0.337 e. The van der Waals surface area contributed by atoms with E-state index in [0.29, 0.717) is 28.7 Å². The van der Waals surface area contributed by atoms with E-state index in [1.807, 2.05) is 0 Å². The van der Waals surface area contributed by atoms with Gasteiger partial charge in [0.25, 0.3) is 5.91 Å². The van der Waals surface area contributed by atoms with Gasteiger partial charge in [-0.25, -0.2) is 19.2 Å². The zero-order valence-electron chi connectivity index (χ0n) is 16.6. The number of aromatic nitrogens is 2. The van der Waals surface area contributed by atoms with Crippen LogP contribution in [0.4, 0.5) is 21.0 Å². The molecule has 1 aromatic carbocycles. The van der Waals surface area contributed by atoms with Gasteiger partial charge in [0, 0.05) is 29.0 Å². The maximum atomic E-state index is 14.3. The van der Waals surface area contributed by atoms with Crippen LogP contribution >= 0.6 is 11.3 Å². The van der Waals surface area contributed by atoms with Crippen molar-refractivity contribution in [1.82, 2.24) is 15.3 Å². The maximum Gasteiger partial charge on any atom is 0.337 e. The Morgan fingerprint density at radius 2 is 2.03 bits per heavy atom. The van der Waals surface area contributed by atoms with E-state index < -0.39 is 17.7 Å². The zero-order valence-corrected chi connectivity index (χ0v) is 17.4. The van der Waals surface area contributed by atoms with Crippen LogP contribution in [0.1, 0.15) is 44.0 Å². The predicted octanol–water partition coefficient (Wildman–Crippen LogP) is 3.93. The molecule has 4 N–H and O–H groups in total. The lowest BCUT2D eigenvalue weighted by Crippen LogP contribution is -2.26. The van der Waals surface area contributed by atoms with Crippen LogP contribution in [-0.4, -0.2) is 33.0 Å². The minimum atomic E-state index is -1.04. The molecule has 1 aliphatic rings. The number of carbonyl (C=O) groups excluding carboxylic acids is 1. The van der Waals surface area contributed by atoms with Gasteiger partial charge in [0.15, 0.2) is 5.13 Å². The van der Waals surface area contributed by atoms with Crippen molar-refractivity contribution in [2.75, 3.05) is 10.6 Å². The van der Waals surface area contributed by atoms with Crippen LogP contribution in [0.25, 0.3) is 0 Å². The number of aryl methyl sites for hydroxylation is 1. The lowest BCUT2D eigenvalue weighted by molar-refractivity contribution is 0.0696. The van der Waals surface area contributed by atoms with Crippen molar-refractivity contribution < 1.29 is 19.1 Å². The number of carboxylic acids is 1. The molecule has 1 amide bonds. The van der Waals surface area contributed by atoms with Crippen LogP contribution in [0.2, 0.25) is 0 Å². The third-order valence-corrected chi connectivity index (χ3v) is 5.64. The summed E-state index contributed by atoms with van der Waals surface area (Å²) in [5.74, 6) is -1.48. The standard InChI is InChI=1S/C21H20FN5O3S/c1-11-6-16(22)15(19(28)26-13-3-4-13)7-17(11)23-9-14-10-25-21(31-14)27-18-5-2-12(8-24-18)20(29)30/h2,5-8,10,13,23H,3-4,9H2,1H3,(H,26,28)(H,29,30)(H,24,25,27). The molecule has 10 heteroatoms. The van der Waals surface area contributed by atoms with E-state index in [9.17, 15) is 14.0 Å². The van der Waals surface area contributed by atoms with Gasteiger partial charge in [-0.3, -0.25) is 4.79 Å². The number of pyridine rings is 1. The Morgan fingerprint density at radius 1 is 1.23 bits per heavy atom. The normalized spacial score (nSPS) is 13.0. The molecule has 31 heavy (non-hydrogen) atoms. The summed E-state index contributed by atoms with van der Waals surface area (Å²) in [7, 11) is 0. The van der Waals surface area contributed by atoms with Crippen molar-refractivity contribution in [2.45, 2.75) is 32.4 Å². The molecule has 0 bridgehead atoms. The minimum Gasteiger partial charge on any atom is -0.478 e. The molecule has 1 aliphatic carbocycles. The average Bonchev–Trinajstić information content (AvgIpc) is 3.44. The van der Waals surface area contributed by atoms with Gasteiger partial charge in [0.05, 0.1) is 17.7 Å². The third kappa shape index (κ3) is 5.15. The Morgan fingerprint density at radius 3 is 2.71 bits per heavy atom. The quantitative estimate of drug-likeness (QED) is 0.418. The number of halogens is 1. The summed E-state index contributed by atoms with van der Waals surface area (Å²) < 4.78 is 14.3. The van der Waals surface area contributed by atoms with Gasteiger partial charge in [0.2, 0.25) is 0 Å². The summed E-state index contributed by atoms with van der Waals surface area (Å²) >= 11 is 1.40. The first-order valence-corrected chi connectivity index (χ1v) is 10.5. The number of hydrogen-bond donors (Lipinski definition) is 4. The number of anilines is 3. The highest BCUT2D eigenvalue weighted by atomic mass is 32.1. The molecule has 1 saturated carbocycles. The van der Waals surface area contributed by atoms with Gasteiger partial charge in [-0.1, -0.05) is 11.3 Å². The van der Waals surface area contributed by atoms with Gasteiger partial charge < -0.3 is 21.1 Å². The number of carboxylic acid groups (broad SMARTS) is 1. The fourth-order valence-corrected chi connectivity index (χ4v) is 3.62. The maximum absolute atomic E-state index is 14.3. The Labute approximate surface area is 181 Å². The zero-order chi connectivity index (χ0) is 22.0. The molecule has 0 aliphatic heterocycles. The van der Waals surface area contributed by atoms with Crippen LogP contribution in [0.3, 0.4) is 0 Å². The fraction of sp³-hybridized carbons (Fsp3) is 0.238. The summed E-state index contributed by atoms with van der Waals surface area (Å²) in [6, 6.07) is 6.08. The number of benzene rings is 1. The van der Waals surface area contributed by atoms with Crippen LogP contribution < -0.4 is 16.0 Å². The Balaban J connectivity index is 1.39. The highest BCUT2D eigenvalue weighted by molar-refractivity contribution is 7.15. The molecule has 0 spiro atoms. The number of amides is 1. The van der Waals surface area contributed by atoms with Crippen molar-refractivity contribution in [3.63, 3.8) is 0 Å². The molecular formula is C21H20FN5O3S. The van der Waals surface area contributed by atoms with Gasteiger partial charge in [-0.2, -0.15) is 0 Å². The Bertz CT molecular complexity index is 1130. The van der Waals surface area contributed by atoms with E-state index in [-0.39, 0.29) is 17.2 Å². The van der Waals surface area contributed by atoms with Crippen molar-refractivity contribution in [1.29, 1.82) is 0 Å². The number of rotatable bonds is 8. The molecule has 2 aromatic heterocycles. The van der Waals surface area contributed by atoms with Gasteiger partial charge in [-0.05, 0) is 49.6 Å². The molecule has 8 nitrogen and oxygen atoms in total. The molecule has 1 fully saturated rings. The molecule has 160 valence electrons. The van der Waals surface area contributed by atoms with Crippen molar-refractivity contribution >= 4 is 39.9 Å². The second-order valence-electron chi connectivity index (χ2n) is 7.24. The second kappa shape index (κ2) is 8.68. The lowest BCUT2D eigenvalue weighted by Gasteiger charge is -2.12. The number of thiazole rings is 1. The highest BCUT2D eigenvalue weighted by Gasteiger charge is 2.25. The van der Waals surface area contributed by atoms with E-state index in [1.165, 1.54) is 35.7 Å². The highest BCUT2D eigenvalue weighted by Crippen LogP contribution is 2.26. The van der Waals surface area contributed by atoms with E-state index in [4.69, 9.17) is 5.11 Å². The molecule has 4 rings (SSSR count). The molecular weight excluding hydrogens is 421 g/mol. The van der Waals surface area contributed by atoms with Crippen molar-refractivity contribution in [3.05, 3.63) is 64.0 Å². The summed E-state index contributed by atoms with van der Waals surface area (Å²) in [5, 5.41) is 18.6. The van der Waals surface area contributed by atoms with Crippen LogP contribution in [0, 0.1) is 12.7 Å². The first-order valence-electron chi connectivity index (χ1n) is 9.65. The van der Waals surface area contributed by atoms with Gasteiger partial charge in [0.1, 0.15) is 11.6 Å². The Hall–Kier alpha value is -3.53. The second-order valence-corrected chi connectivity index (χ2v) is 8.36. The summed E-state index contributed by atoms with van der Waals surface area (Å²) in [5.41, 5.74) is 1.51. The number of carbonyl (C=O) groups is 2. The molecule has 0 saturated heterocycles.